The Hall–Kier alpha value is -1.03. The third-order valence-corrected chi connectivity index (χ3v) is 3.69. The van der Waals surface area contributed by atoms with Crippen molar-refractivity contribution in [2.45, 2.75) is 32.1 Å². The zero-order valence-electron chi connectivity index (χ0n) is 9.76. The number of H-pyrrole nitrogens is 1. The van der Waals surface area contributed by atoms with Gasteiger partial charge in [0.2, 0.25) is 0 Å². The molecule has 0 unspecified atom stereocenters. The number of nitrogens with zero attached hydrogens (tertiary/aromatic N) is 2. The summed E-state index contributed by atoms with van der Waals surface area (Å²) in [6, 6.07) is 0. The van der Waals surface area contributed by atoms with Crippen molar-refractivity contribution in [2.24, 2.45) is 0 Å². The van der Waals surface area contributed by atoms with Gasteiger partial charge in [-0.05, 0) is 32.2 Å². The van der Waals surface area contributed by atoms with Crippen LogP contribution >= 0.6 is 0 Å². The van der Waals surface area contributed by atoms with E-state index in [9.17, 15) is 0 Å². The van der Waals surface area contributed by atoms with E-state index in [-0.39, 0.29) is 0 Å². The number of anilines is 1. The zero-order chi connectivity index (χ0) is 10.8. The van der Waals surface area contributed by atoms with E-state index in [1.165, 1.54) is 49.4 Å². The van der Waals surface area contributed by atoms with Crippen LogP contribution in [0, 0.1) is 0 Å². The summed E-state index contributed by atoms with van der Waals surface area (Å²) in [4.78, 5) is 2.46. The van der Waals surface area contributed by atoms with Crippen LogP contribution in [0.4, 0.5) is 5.82 Å². The molecule has 0 aromatic carbocycles. The van der Waals surface area contributed by atoms with Gasteiger partial charge in [-0.1, -0.05) is 0 Å². The van der Waals surface area contributed by atoms with Crippen LogP contribution in [0.15, 0.2) is 0 Å². The van der Waals surface area contributed by atoms with Crippen molar-refractivity contribution in [1.82, 2.24) is 15.5 Å². The maximum absolute atomic E-state index is 4.54. The Morgan fingerprint density at radius 3 is 2.69 bits per heavy atom. The van der Waals surface area contributed by atoms with E-state index in [1.54, 1.807) is 0 Å². The lowest BCUT2D eigenvalue weighted by Gasteiger charge is -2.27. The summed E-state index contributed by atoms with van der Waals surface area (Å²) in [6.07, 6.45) is 6.23. The van der Waals surface area contributed by atoms with Gasteiger partial charge < -0.3 is 10.2 Å². The summed E-state index contributed by atoms with van der Waals surface area (Å²) >= 11 is 0. The Balaban J connectivity index is 1.86. The first kappa shape index (κ1) is 10.1. The molecule has 2 N–H and O–H groups in total. The molecule has 2 aliphatic rings. The molecule has 4 nitrogen and oxygen atoms in total. The van der Waals surface area contributed by atoms with Crippen molar-refractivity contribution in [3.8, 4) is 0 Å². The predicted octanol–water partition coefficient (Wildman–Crippen LogP) is 1.09. The molecule has 88 valence electrons. The first-order valence-corrected chi connectivity index (χ1v) is 6.47. The molecule has 1 saturated heterocycles. The van der Waals surface area contributed by atoms with Crippen LogP contribution in [-0.2, 0) is 12.8 Å². The average Bonchev–Trinajstić information content (AvgIpc) is 2.60. The normalized spacial score (nSPS) is 21.6. The minimum Gasteiger partial charge on any atom is -0.355 e. The highest BCUT2D eigenvalue weighted by molar-refractivity contribution is 5.50. The van der Waals surface area contributed by atoms with E-state index >= 15 is 0 Å². The van der Waals surface area contributed by atoms with Gasteiger partial charge in [-0.25, -0.2) is 0 Å². The summed E-state index contributed by atoms with van der Waals surface area (Å²) in [7, 11) is 0. The first-order chi connectivity index (χ1) is 7.95. The Labute approximate surface area is 96.4 Å². The molecule has 4 heteroatoms. The van der Waals surface area contributed by atoms with Gasteiger partial charge in [0.25, 0.3) is 0 Å². The fourth-order valence-electron chi connectivity index (χ4n) is 2.78. The number of aromatic amines is 1. The van der Waals surface area contributed by atoms with E-state index in [0.717, 1.165) is 25.9 Å². The van der Waals surface area contributed by atoms with E-state index < -0.39 is 0 Å². The Kier molecular flexibility index (Phi) is 2.82. The third kappa shape index (κ3) is 1.82. The maximum atomic E-state index is 4.54. The number of rotatable bonds is 1. The van der Waals surface area contributed by atoms with E-state index in [1.807, 2.05) is 0 Å². The SMILES string of the molecule is C1CCN(c2n[nH]c3c2CCNCC3)CC1. The fraction of sp³-hybridized carbons (Fsp3) is 0.750. The van der Waals surface area contributed by atoms with Gasteiger partial charge >= 0.3 is 0 Å². The van der Waals surface area contributed by atoms with Gasteiger partial charge in [-0.15, -0.1) is 0 Å². The molecule has 3 heterocycles. The Morgan fingerprint density at radius 1 is 1.00 bits per heavy atom. The minimum atomic E-state index is 1.08. The van der Waals surface area contributed by atoms with Gasteiger partial charge in [0.1, 0.15) is 0 Å². The van der Waals surface area contributed by atoms with Gasteiger partial charge in [0.05, 0.1) is 0 Å². The van der Waals surface area contributed by atoms with Crippen LogP contribution in [0.3, 0.4) is 0 Å². The molecule has 0 aliphatic carbocycles. The number of fused-ring (bicyclic) bond motifs is 1. The fourth-order valence-corrected chi connectivity index (χ4v) is 2.78. The summed E-state index contributed by atoms with van der Waals surface area (Å²) in [5.41, 5.74) is 2.82. The van der Waals surface area contributed by atoms with Crippen molar-refractivity contribution in [2.75, 3.05) is 31.1 Å². The summed E-state index contributed by atoms with van der Waals surface area (Å²) < 4.78 is 0. The molecule has 1 fully saturated rings. The second kappa shape index (κ2) is 4.45. The smallest absolute Gasteiger partial charge is 0.153 e. The van der Waals surface area contributed by atoms with Gasteiger partial charge in [0, 0.05) is 37.3 Å². The predicted molar refractivity (Wildman–Crippen MR) is 64.9 cm³/mol. The average molecular weight is 220 g/mol. The quantitative estimate of drug-likeness (QED) is 0.744. The molecule has 2 aliphatic heterocycles. The van der Waals surface area contributed by atoms with Crippen molar-refractivity contribution >= 4 is 5.82 Å². The van der Waals surface area contributed by atoms with Crippen LogP contribution < -0.4 is 10.2 Å². The second-order valence-electron chi connectivity index (χ2n) is 4.80. The van der Waals surface area contributed by atoms with Crippen molar-refractivity contribution in [1.29, 1.82) is 0 Å². The molecule has 0 amide bonds. The Bertz CT molecular complexity index is 352. The van der Waals surface area contributed by atoms with Crippen LogP contribution in [0.25, 0.3) is 0 Å². The Morgan fingerprint density at radius 2 is 1.81 bits per heavy atom. The van der Waals surface area contributed by atoms with Crippen molar-refractivity contribution in [3.63, 3.8) is 0 Å². The van der Waals surface area contributed by atoms with Crippen molar-refractivity contribution < 1.29 is 0 Å². The van der Waals surface area contributed by atoms with Crippen molar-refractivity contribution in [3.05, 3.63) is 11.3 Å². The lowest BCUT2D eigenvalue weighted by Crippen LogP contribution is -2.30. The largest absolute Gasteiger partial charge is 0.355 e. The molecule has 0 saturated carbocycles. The highest BCUT2D eigenvalue weighted by Gasteiger charge is 2.21. The molecule has 0 atom stereocenters. The monoisotopic (exact) mass is 220 g/mol. The van der Waals surface area contributed by atoms with Gasteiger partial charge in [-0.3, -0.25) is 5.10 Å². The zero-order valence-corrected chi connectivity index (χ0v) is 9.76. The van der Waals surface area contributed by atoms with Crippen LogP contribution in [0.5, 0.6) is 0 Å². The molecule has 0 spiro atoms. The number of aromatic nitrogens is 2. The van der Waals surface area contributed by atoms with Gasteiger partial charge in [-0.2, -0.15) is 5.10 Å². The first-order valence-electron chi connectivity index (χ1n) is 6.47. The molecular weight excluding hydrogens is 200 g/mol. The second-order valence-corrected chi connectivity index (χ2v) is 4.80. The maximum Gasteiger partial charge on any atom is 0.153 e. The molecule has 16 heavy (non-hydrogen) atoms. The summed E-state index contributed by atoms with van der Waals surface area (Å²) in [6.45, 7) is 4.54. The number of hydrogen-bond acceptors (Lipinski definition) is 3. The number of piperidine rings is 1. The van der Waals surface area contributed by atoms with E-state index in [0.29, 0.717) is 0 Å². The molecule has 1 aromatic heterocycles. The standard InChI is InChI=1S/C12H20N4/c1-2-8-16(9-3-1)12-10-4-6-13-7-5-11(10)14-15-12/h13H,1-9H2,(H,14,15). The highest BCUT2D eigenvalue weighted by Crippen LogP contribution is 2.25. The topological polar surface area (TPSA) is 44.0 Å². The van der Waals surface area contributed by atoms with E-state index in [4.69, 9.17) is 0 Å². The molecule has 0 radical (unpaired) electrons. The number of hydrogen-bond donors (Lipinski definition) is 2. The molecule has 3 rings (SSSR count). The van der Waals surface area contributed by atoms with Crippen LogP contribution in [0.1, 0.15) is 30.5 Å². The summed E-state index contributed by atoms with van der Waals surface area (Å²) in [5, 5.41) is 11.2. The molecule has 0 bridgehead atoms. The highest BCUT2D eigenvalue weighted by atomic mass is 15.3. The third-order valence-electron chi connectivity index (χ3n) is 3.69. The molecule has 1 aromatic rings. The van der Waals surface area contributed by atoms with Crippen LogP contribution in [0.2, 0.25) is 0 Å². The van der Waals surface area contributed by atoms with Gasteiger partial charge in [0.15, 0.2) is 5.82 Å². The molecular formula is C12H20N4. The van der Waals surface area contributed by atoms with Crippen LogP contribution in [-0.4, -0.2) is 36.4 Å². The van der Waals surface area contributed by atoms with E-state index in [2.05, 4.69) is 20.4 Å². The summed E-state index contributed by atoms with van der Waals surface area (Å²) in [5.74, 6) is 1.23. The minimum absolute atomic E-state index is 1.08. The lowest BCUT2D eigenvalue weighted by molar-refractivity contribution is 0.571. The number of nitrogens with one attached hydrogen (secondary N) is 2. The lowest BCUT2D eigenvalue weighted by atomic mass is 10.1.